The average molecular weight is 416 g/mol. The van der Waals surface area contributed by atoms with E-state index in [1.165, 1.54) is 5.56 Å². The summed E-state index contributed by atoms with van der Waals surface area (Å²) in [7, 11) is 0. The van der Waals surface area contributed by atoms with Gasteiger partial charge in [0.1, 0.15) is 5.82 Å². The Morgan fingerprint density at radius 1 is 0.968 bits per heavy atom. The number of rotatable bonds is 8. The van der Waals surface area contributed by atoms with Crippen molar-refractivity contribution in [1.29, 1.82) is 0 Å². The van der Waals surface area contributed by atoms with Gasteiger partial charge in [-0.2, -0.15) is 5.10 Å². The van der Waals surface area contributed by atoms with E-state index in [0.717, 1.165) is 47.7 Å². The van der Waals surface area contributed by atoms with Crippen molar-refractivity contribution in [2.24, 2.45) is 5.92 Å². The van der Waals surface area contributed by atoms with Crippen molar-refractivity contribution in [3.8, 4) is 22.5 Å². The molecule has 2 heterocycles. The predicted octanol–water partition coefficient (Wildman–Crippen LogP) is 4.89. The molecule has 0 aliphatic carbocycles. The summed E-state index contributed by atoms with van der Waals surface area (Å²) in [5.41, 5.74) is 4.40. The molecule has 2 aromatic carbocycles. The number of hydrogen-bond acceptors (Lipinski definition) is 5. The van der Waals surface area contributed by atoms with Crippen molar-refractivity contribution >= 4 is 0 Å². The van der Waals surface area contributed by atoms with Crippen molar-refractivity contribution in [3.63, 3.8) is 0 Å². The minimum atomic E-state index is 0.372. The number of H-pyrrole nitrogens is 1. The molecule has 2 aromatic heterocycles. The third kappa shape index (κ3) is 4.71. The third-order valence-electron chi connectivity index (χ3n) is 5.53. The molecule has 0 spiro atoms. The van der Waals surface area contributed by atoms with Crippen molar-refractivity contribution in [1.82, 2.24) is 35.4 Å². The first kappa shape index (κ1) is 20.9. The van der Waals surface area contributed by atoms with E-state index >= 15 is 0 Å². The van der Waals surface area contributed by atoms with Crippen LogP contribution in [0.1, 0.15) is 57.2 Å². The van der Waals surface area contributed by atoms with Crippen molar-refractivity contribution in [2.75, 3.05) is 0 Å². The fourth-order valence-corrected chi connectivity index (χ4v) is 3.61. The third-order valence-corrected chi connectivity index (χ3v) is 5.53. The molecule has 0 amide bonds. The van der Waals surface area contributed by atoms with Gasteiger partial charge < -0.3 is 0 Å². The molecule has 1 unspecified atom stereocenters. The topological polar surface area (TPSA) is 85.2 Å². The van der Waals surface area contributed by atoms with Gasteiger partial charge in [-0.05, 0) is 39.5 Å². The predicted molar refractivity (Wildman–Crippen MR) is 121 cm³/mol. The molecule has 0 saturated carbocycles. The van der Waals surface area contributed by atoms with Crippen LogP contribution < -0.4 is 0 Å². The second-order valence-electron chi connectivity index (χ2n) is 8.44. The molecule has 1 N–H and O–H groups in total. The molecule has 0 aliphatic heterocycles. The van der Waals surface area contributed by atoms with E-state index in [0.29, 0.717) is 17.7 Å². The fraction of sp³-hybridized carbons (Fsp3) is 0.375. The average Bonchev–Trinajstić information content (AvgIpc) is 3.44. The summed E-state index contributed by atoms with van der Waals surface area (Å²) in [5.74, 6) is 3.59. The van der Waals surface area contributed by atoms with Crippen molar-refractivity contribution in [2.45, 2.75) is 53.0 Å². The zero-order valence-corrected chi connectivity index (χ0v) is 18.6. The number of aromatic nitrogens is 7. The van der Waals surface area contributed by atoms with Crippen molar-refractivity contribution in [3.05, 3.63) is 65.7 Å². The van der Waals surface area contributed by atoms with E-state index in [1.54, 1.807) is 0 Å². The Kier molecular flexibility index (Phi) is 6.21. The highest BCUT2D eigenvalue weighted by molar-refractivity contribution is 5.80. The summed E-state index contributed by atoms with van der Waals surface area (Å²) in [4.78, 5) is 4.85. The van der Waals surface area contributed by atoms with Crippen LogP contribution in [-0.4, -0.2) is 35.4 Å². The largest absolute Gasteiger partial charge is 0.245 e. The Bertz CT molecular complexity index is 1110. The van der Waals surface area contributed by atoms with Crippen LogP contribution in [0.4, 0.5) is 0 Å². The lowest BCUT2D eigenvalue weighted by Gasteiger charge is -2.10. The maximum Gasteiger partial charge on any atom is 0.180 e. The standard InChI is InChI=1S/C24H29N7/c1-5-17(4)23-25-22(14-16(2)3)31(28-23)15-18-10-12-19(13-11-18)20-8-6-7-9-21(20)24-26-29-30-27-24/h6-13,16-17H,5,14-15H2,1-4H3,(H,26,27,29,30). The molecular formula is C24H29N7. The molecule has 31 heavy (non-hydrogen) atoms. The van der Waals surface area contributed by atoms with Crippen molar-refractivity contribution < 1.29 is 0 Å². The van der Waals surface area contributed by atoms with Gasteiger partial charge in [-0.1, -0.05) is 76.2 Å². The lowest BCUT2D eigenvalue weighted by atomic mass is 9.98. The van der Waals surface area contributed by atoms with Gasteiger partial charge in [0.2, 0.25) is 0 Å². The molecule has 0 fully saturated rings. The minimum absolute atomic E-state index is 0.372. The van der Waals surface area contributed by atoms with Crippen LogP contribution in [0.5, 0.6) is 0 Å². The monoisotopic (exact) mass is 415 g/mol. The molecule has 7 heteroatoms. The lowest BCUT2D eigenvalue weighted by Crippen LogP contribution is -2.09. The van der Waals surface area contributed by atoms with E-state index in [9.17, 15) is 0 Å². The van der Waals surface area contributed by atoms with E-state index in [1.807, 2.05) is 18.2 Å². The Balaban J connectivity index is 1.60. The van der Waals surface area contributed by atoms with E-state index in [4.69, 9.17) is 10.1 Å². The van der Waals surface area contributed by atoms with Crippen LogP contribution in [0.15, 0.2) is 48.5 Å². The molecule has 7 nitrogen and oxygen atoms in total. The molecule has 0 saturated heterocycles. The van der Waals surface area contributed by atoms with Crippen LogP contribution >= 0.6 is 0 Å². The Morgan fingerprint density at radius 3 is 2.35 bits per heavy atom. The van der Waals surface area contributed by atoms with Gasteiger partial charge in [-0.15, -0.1) is 5.10 Å². The van der Waals surface area contributed by atoms with Gasteiger partial charge in [0.15, 0.2) is 11.6 Å². The Labute approximate surface area is 182 Å². The van der Waals surface area contributed by atoms with Gasteiger partial charge in [-0.25, -0.2) is 14.8 Å². The summed E-state index contributed by atoms with van der Waals surface area (Å²) in [5, 5.41) is 19.2. The zero-order valence-electron chi connectivity index (χ0n) is 18.6. The number of benzene rings is 2. The zero-order chi connectivity index (χ0) is 21.8. The number of hydrogen-bond donors (Lipinski definition) is 1. The Morgan fingerprint density at radius 2 is 1.71 bits per heavy atom. The first-order valence-electron chi connectivity index (χ1n) is 10.9. The fourth-order valence-electron chi connectivity index (χ4n) is 3.61. The number of nitrogens with zero attached hydrogens (tertiary/aromatic N) is 6. The summed E-state index contributed by atoms with van der Waals surface area (Å²) in [6, 6.07) is 16.7. The number of aromatic amines is 1. The van der Waals surface area contributed by atoms with Gasteiger partial charge in [-0.3, -0.25) is 0 Å². The number of nitrogens with one attached hydrogen (secondary N) is 1. The maximum atomic E-state index is 4.85. The van der Waals surface area contributed by atoms with Gasteiger partial charge in [0.05, 0.1) is 6.54 Å². The molecule has 0 radical (unpaired) electrons. The van der Waals surface area contributed by atoms with E-state index < -0.39 is 0 Å². The van der Waals surface area contributed by atoms with Crippen LogP contribution in [0, 0.1) is 5.92 Å². The second-order valence-corrected chi connectivity index (χ2v) is 8.44. The summed E-state index contributed by atoms with van der Waals surface area (Å²) >= 11 is 0. The first-order valence-corrected chi connectivity index (χ1v) is 10.9. The Hall–Kier alpha value is -3.35. The van der Waals surface area contributed by atoms with Crippen LogP contribution in [0.2, 0.25) is 0 Å². The summed E-state index contributed by atoms with van der Waals surface area (Å²) < 4.78 is 2.07. The van der Waals surface area contributed by atoms with Gasteiger partial charge in [0.25, 0.3) is 0 Å². The number of tetrazole rings is 1. The molecule has 1 atom stereocenters. The van der Waals surface area contributed by atoms with Gasteiger partial charge in [0, 0.05) is 17.9 Å². The minimum Gasteiger partial charge on any atom is -0.245 e. The molecule has 0 bridgehead atoms. The highest BCUT2D eigenvalue weighted by atomic mass is 15.5. The van der Waals surface area contributed by atoms with Crippen LogP contribution in [0.3, 0.4) is 0 Å². The van der Waals surface area contributed by atoms with Crippen LogP contribution in [-0.2, 0) is 13.0 Å². The molecule has 160 valence electrons. The van der Waals surface area contributed by atoms with E-state index in [-0.39, 0.29) is 0 Å². The molecular weight excluding hydrogens is 386 g/mol. The highest BCUT2D eigenvalue weighted by Crippen LogP contribution is 2.30. The molecule has 4 rings (SSSR count). The maximum absolute atomic E-state index is 4.85. The second kappa shape index (κ2) is 9.20. The lowest BCUT2D eigenvalue weighted by molar-refractivity contribution is 0.560. The first-order chi connectivity index (χ1) is 15.0. The normalized spacial score (nSPS) is 12.4. The molecule has 4 aromatic rings. The summed E-state index contributed by atoms with van der Waals surface area (Å²) in [6.45, 7) is 9.53. The van der Waals surface area contributed by atoms with Gasteiger partial charge >= 0.3 is 0 Å². The van der Waals surface area contributed by atoms with Crippen LogP contribution in [0.25, 0.3) is 22.5 Å². The SMILES string of the molecule is CCC(C)c1nc(CC(C)C)n(Cc2ccc(-c3ccccc3-c3nnn[nH]3)cc2)n1. The van der Waals surface area contributed by atoms with E-state index in [2.05, 4.69) is 83.3 Å². The smallest absolute Gasteiger partial charge is 0.180 e. The highest BCUT2D eigenvalue weighted by Gasteiger charge is 2.16. The summed E-state index contributed by atoms with van der Waals surface area (Å²) in [6.07, 6.45) is 1.97. The molecule has 0 aliphatic rings. The quantitative estimate of drug-likeness (QED) is 0.443.